The van der Waals surface area contributed by atoms with Crippen LogP contribution in [0.3, 0.4) is 0 Å². The molecule has 1 aromatic rings. The van der Waals surface area contributed by atoms with E-state index in [0.29, 0.717) is 0 Å². The van der Waals surface area contributed by atoms with Gasteiger partial charge in [0, 0.05) is 6.07 Å². The molecular weight excluding hydrogens is 146 g/mol. The van der Waals surface area contributed by atoms with Gasteiger partial charge in [0.25, 0.3) is 0 Å². The van der Waals surface area contributed by atoms with Crippen LogP contribution < -0.4 is 17.2 Å². The maximum absolute atomic E-state index is 10.1. The third kappa shape index (κ3) is 1.18. The number of rotatable bonds is 1. The van der Waals surface area contributed by atoms with Crippen LogP contribution in [0, 0.1) is 4.91 Å². The van der Waals surface area contributed by atoms with E-state index in [-0.39, 0.29) is 23.0 Å². The Morgan fingerprint density at radius 2 is 2.00 bits per heavy atom. The lowest BCUT2D eigenvalue weighted by molar-refractivity contribution is 1.32. The van der Waals surface area contributed by atoms with Crippen LogP contribution in [0.1, 0.15) is 0 Å². The molecule has 0 saturated carbocycles. The summed E-state index contributed by atoms with van der Waals surface area (Å²) in [5.41, 5.74) is 16.0. The first kappa shape index (κ1) is 7.26. The second kappa shape index (κ2) is 2.41. The van der Waals surface area contributed by atoms with Gasteiger partial charge in [0.2, 0.25) is 0 Å². The van der Waals surface area contributed by atoms with Crippen LogP contribution in [0.15, 0.2) is 11.2 Å². The zero-order valence-electron chi connectivity index (χ0n) is 5.61. The summed E-state index contributed by atoms with van der Waals surface area (Å²) in [4.78, 5) is 13.7. The lowest BCUT2D eigenvalue weighted by atomic mass is 10.3. The van der Waals surface area contributed by atoms with Crippen molar-refractivity contribution in [2.24, 2.45) is 5.18 Å². The first-order valence-electron chi connectivity index (χ1n) is 2.80. The van der Waals surface area contributed by atoms with E-state index in [1.165, 1.54) is 6.07 Å². The molecule has 0 amide bonds. The van der Waals surface area contributed by atoms with Crippen molar-refractivity contribution in [2.45, 2.75) is 0 Å². The molecule has 11 heavy (non-hydrogen) atoms. The van der Waals surface area contributed by atoms with Gasteiger partial charge in [0.1, 0.15) is 5.82 Å². The number of anilines is 3. The molecule has 58 valence electrons. The molecule has 1 aromatic heterocycles. The highest BCUT2D eigenvalue weighted by molar-refractivity contribution is 5.75. The van der Waals surface area contributed by atoms with Crippen LogP contribution in [0.5, 0.6) is 0 Å². The second-order valence-corrected chi connectivity index (χ2v) is 1.96. The molecule has 0 spiro atoms. The van der Waals surface area contributed by atoms with Crippen molar-refractivity contribution in [3.05, 3.63) is 11.0 Å². The number of pyridine rings is 1. The monoisotopic (exact) mass is 153 g/mol. The third-order valence-electron chi connectivity index (χ3n) is 1.16. The molecule has 0 unspecified atom stereocenters. The largest absolute Gasteiger partial charge is 0.397 e. The molecule has 6 heteroatoms. The Bertz CT molecular complexity index is 274. The molecule has 1 rings (SSSR count). The minimum atomic E-state index is -0.0563. The van der Waals surface area contributed by atoms with E-state index in [9.17, 15) is 4.91 Å². The Balaban J connectivity index is 3.36. The fourth-order valence-electron chi connectivity index (χ4n) is 0.699. The summed E-state index contributed by atoms with van der Waals surface area (Å²) >= 11 is 0. The highest BCUT2D eigenvalue weighted by Gasteiger charge is 2.05. The van der Waals surface area contributed by atoms with E-state index >= 15 is 0 Å². The molecule has 0 saturated heterocycles. The summed E-state index contributed by atoms with van der Waals surface area (Å²) < 4.78 is 0. The molecular formula is C5H7N5O. The summed E-state index contributed by atoms with van der Waals surface area (Å²) in [6, 6.07) is 1.33. The van der Waals surface area contributed by atoms with Gasteiger partial charge in [-0.15, -0.1) is 4.91 Å². The van der Waals surface area contributed by atoms with Gasteiger partial charge >= 0.3 is 0 Å². The second-order valence-electron chi connectivity index (χ2n) is 1.96. The molecule has 0 aliphatic heterocycles. The van der Waals surface area contributed by atoms with E-state index in [2.05, 4.69) is 10.2 Å². The Morgan fingerprint density at radius 1 is 1.36 bits per heavy atom. The van der Waals surface area contributed by atoms with Crippen molar-refractivity contribution in [1.82, 2.24) is 4.98 Å². The predicted molar refractivity (Wildman–Crippen MR) is 42.9 cm³/mol. The van der Waals surface area contributed by atoms with Crippen molar-refractivity contribution < 1.29 is 0 Å². The molecule has 0 radical (unpaired) electrons. The van der Waals surface area contributed by atoms with Crippen LogP contribution in [0.4, 0.5) is 23.0 Å². The summed E-state index contributed by atoms with van der Waals surface area (Å²) in [5.74, 6) is 0.130. The van der Waals surface area contributed by atoms with Gasteiger partial charge in [-0.25, -0.2) is 4.98 Å². The van der Waals surface area contributed by atoms with Gasteiger partial charge < -0.3 is 17.2 Å². The van der Waals surface area contributed by atoms with Gasteiger partial charge in [-0.2, -0.15) is 0 Å². The van der Waals surface area contributed by atoms with E-state index < -0.39 is 0 Å². The number of aromatic nitrogens is 1. The zero-order valence-corrected chi connectivity index (χ0v) is 5.61. The molecule has 0 atom stereocenters. The number of nitrogens with zero attached hydrogens (tertiary/aromatic N) is 2. The molecule has 0 aromatic carbocycles. The topological polar surface area (TPSA) is 120 Å². The third-order valence-corrected chi connectivity index (χ3v) is 1.16. The molecule has 0 fully saturated rings. The molecule has 0 aliphatic rings. The molecule has 0 aliphatic carbocycles. The normalized spacial score (nSPS) is 9.45. The van der Waals surface area contributed by atoms with E-state index in [0.717, 1.165) is 0 Å². The van der Waals surface area contributed by atoms with Gasteiger partial charge in [0.15, 0.2) is 11.5 Å². The number of nitroso groups, excluding NO2 is 1. The molecule has 1 heterocycles. The minimum absolute atomic E-state index is 0.0440. The van der Waals surface area contributed by atoms with Crippen molar-refractivity contribution in [3.63, 3.8) is 0 Å². The van der Waals surface area contributed by atoms with Crippen LogP contribution >= 0.6 is 0 Å². The predicted octanol–water partition coefficient (Wildman–Crippen LogP) is 0.226. The summed E-state index contributed by atoms with van der Waals surface area (Å²) in [6.45, 7) is 0. The minimum Gasteiger partial charge on any atom is -0.397 e. The average Bonchev–Trinajstić information content (AvgIpc) is 1.85. The van der Waals surface area contributed by atoms with Crippen LogP contribution in [-0.2, 0) is 0 Å². The average molecular weight is 153 g/mol. The van der Waals surface area contributed by atoms with Crippen molar-refractivity contribution >= 4 is 23.0 Å². The summed E-state index contributed by atoms with van der Waals surface area (Å²) in [7, 11) is 0. The maximum Gasteiger partial charge on any atom is 0.173 e. The quantitative estimate of drug-likeness (QED) is 0.498. The molecule has 0 bridgehead atoms. The Kier molecular flexibility index (Phi) is 1.59. The van der Waals surface area contributed by atoms with Crippen molar-refractivity contribution in [2.75, 3.05) is 17.2 Å². The Labute approximate surface area is 62.4 Å². The zero-order chi connectivity index (χ0) is 8.43. The van der Waals surface area contributed by atoms with Gasteiger partial charge in [0.05, 0.1) is 5.69 Å². The van der Waals surface area contributed by atoms with Gasteiger partial charge in [-0.1, -0.05) is 0 Å². The van der Waals surface area contributed by atoms with Crippen LogP contribution in [0.2, 0.25) is 0 Å². The molecule has 6 N–H and O–H groups in total. The lowest BCUT2D eigenvalue weighted by Crippen LogP contribution is -1.99. The van der Waals surface area contributed by atoms with Gasteiger partial charge in [-0.05, 0) is 5.18 Å². The number of nitrogens with two attached hydrogens (primary N) is 3. The van der Waals surface area contributed by atoms with Gasteiger partial charge in [-0.3, -0.25) is 0 Å². The number of nitrogen functional groups attached to an aromatic ring is 3. The van der Waals surface area contributed by atoms with Crippen molar-refractivity contribution in [3.8, 4) is 0 Å². The highest BCUT2D eigenvalue weighted by Crippen LogP contribution is 2.28. The van der Waals surface area contributed by atoms with Crippen LogP contribution in [0.25, 0.3) is 0 Å². The fourth-order valence-corrected chi connectivity index (χ4v) is 0.699. The maximum atomic E-state index is 10.1. The molecule has 6 nitrogen and oxygen atoms in total. The summed E-state index contributed by atoms with van der Waals surface area (Å²) in [6.07, 6.45) is 0. The van der Waals surface area contributed by atoms with Crippen LogP contribution in [-0.4, -0.2) is 4.98 Å². The first-order valence-corrected chi connectivity index (χ1v) is 2.80. The van der Waals surface area contributed by atoms with E-state index in [1.807, 2.05) is 0 Å². The van der Waals surface area contributed by atoms with E-state index in [1.54, 1.807) is 0 Å². The Hall–Kier alpha value is -1.85. The Morgan fingerprint density at radius 3 is 2.45 bits per heavy atom. The summed E-state index contributed by atoms with van der Waals surface area (Å²) in [5, 5.41) is 2.59. The fraction of sp³-hybridized carbons (Fsp3) is 0. The lowest BCUT2D eigenvalue weighted by Gasteiger charge is -2.00. The number of hydrogen-bond acceptors (Lipinski definition) is 6. The standard InChI is InChI=1S/C5H7N5O/c6-2-1-3(7)9-5(8)4(2)10-11/h1H,(H6,6,7,8,9). The first-order chi connectivity index (χ1) is 5.15. The smallest absolute Gasteiger partial charge is 0.173 e. The highest BCUT2D eigenvalue weighted by atomic mass is 16.3. The van der Waals surface area contributed by atoms with Crippen molar-refractivity contribution in [1.29, 1.82) is 0 Å². The number of hydrogen-bond donors (Lipinski definition) is 3. The SMILES string of the molecule is Nc1cc(N)c(N=O)c(N)n1. The van der Waals surface area contributed by atoms with E-state index in [4.69, 9.17) is 17.2 Å².